The van der Waals surface area contributed by atoms with Crippen LogP contribution in [-0.4, -0.2) is 34.4 Å². The minimum absolute atomic E-state index is 0.0534. The molecule has 0 saturated carbocycles. The number of nitrogens with one attached hydrogen (secondary N) is 1. The van der Waals surface area contributed by atoms with Crippen molar-refractivity contribution in [3.8, 4) is 0 Å². The van der Waals surface area contributed by atoms with Crippen LogP contribution in [0.4, 0.5) is 5.69 Å². The largest absolute Gasteiger partial charge is 0.368 e. The van der Waals surface area contributed by atoms with E-state index in [1.54, 1.807) is 6.92 Å². The summed E-state index contributed by atoms with van der Waals surface area (Å²) in [5.74, 6) is 0.626. The molecule has 90 valence electrons. The van der Waals surface area contributed by atoms with Gasteiger partial charge >= 0.3 is 0 Å². The van der Waals surface area contributed by atoms with Crippen LogP contribution in [0.1, 0.15) is 31.9 Å². The van der Waals surface area contributed by atoms with E-state index in [1.807, 2.05) is 12.3 Å². The van der Waals surface area contributed by atoms with Crippen LogP contribution in [0, 0.1) is 0 Å². The maximum Gasteiger partial charge on any atom is 0.146 e. The van der Waals surface area contributed by atoms with Gasteiger partial charge in [-0.1, -0.05) is 6.92 Å². The fourth-order valence-electron chi connectivity index (χ4n) is 3.19. The molecule has 1 fully saturated rings. The van der Waals surface area contributed by atoms with Crippen molar-refractivity contribution in [1.29, 1.82) is 0 Å². The predicted molar refractivity (Wildman–Crippen MR) is 65.9 cm³/mol. The van der Waals surface area contributed by atoms with Crippen molar-refractivity contribution < 1.29 is 4.79 Å². The molecule has 0 spiro atoms. The first-order valence-corrected chi connectivity index (χ1v) is 6.20. The number of carbonyl (C=O) groups is 1. The SMILES string of the molecule is CCN1C(C(C)=O)CC2c3ncccc3NC21. The molecule has 1 aromatic rings. The molecular formula is C13H17N3O. The number of fused-ring (bicyclic) bond motifs is 3. The molecule has 3 heterocycles. The summed E-state index contributed by atoms with van der Waals surface area (Å²) in [6.07, 6.45) is 2.98. The summed E-state index contributed by atoms with van der Waals surface area (Å²) < 4.78 is 0. The highest BCUT2D eigenvalue weighted by atomic mass is 16.1. The number of hydrogen-bond donors (Lipinski definition) is 1. The van der Waals surface area contributed by atoms with Crippen molar-refractivity contribution in [2.24, 2.45) is 0 Å². The van der Waals surface area contributed by atoms with Crippen LogP contribution in [-0.2, 0) is 4.79 Å². The Labute approximate surface area is 101 Å². The van der Waals surface area contributed by atoms with E-state index in [4.69, 9.17) is 0 Å². The van der Waals surface area contributed by atoms with E-state index in [9.17, 15) is 4.79 Å². The third-order valence-corrected chi connectivity index (χ3v) is 3.94. The maximum absolute atomic E-state index is 11.7. The highest BCUT2D eigenvalue weighted by Gasteiger charge is 2.47. The van der Waals surface area contributed by atoms with E-state index in [0.29, 0.717) is 5.92 Å². The second-order valence-electron chi connectivity index (χ2n) is 4.82. The zero-order valence-corrected chi connectivity index (χ0v) is 10.2. The highest BCUT2D eigenvalue weighted by molar-refractivity contribution is 5.82. The molecule has 4 nitrogen and oxygen atoms in total. The number of rotatable bonds is 2. The Morgan fingerprint density at radius 1 is 1.65 bits per heavy atom. The Morgan fingerprint density at radius 2 is 2.47 bits per heavy atom. The smallest absolute Gasteiger partial charge is 0.146 e. The van der Waals surface area contributed by atoms with Crippen LogP contribution < -0.4 is 5.32 Å². The average Bonchev–Trinajstić information content (AvgIpc) is 2.83. The van der Waals surface area contributed by atoms with Crippen molar-refractivity contribution in [2.75, 3.05) is 11.9 Å². The van der Waals surface area contributed by atoms with E-state index in [0.717, 1.165) is 24.3 Å². The Hall–Kier alpha value is -1.42. The molecule has 0 radical (unpaired) electrons. The van der Waals surface area contributed by atoms with Gasteiger partial charge in [-0.25, -0.2) is 0 Å². The van der Waals surface area contributed by atoms with E-state index in [2.05, 4.69) is 28.2 Å². The lowest BCUT2D eigenvalue weighted by atomic mass is 10.00. The summed E-state index contributed by atoms with van der Waals surface area (Å²) in [6, 6.07) is 4.07. The van der Waals surface area contributed by atoms with Crippen molar-refractivity contribution in [3.63, 3.8) is 0 Å². The number of hydrogen-bond acceptors (Lipinski definition) is 4. The van der Waals surface area contributed by atoms with Crippen LogP contribution in [0.5, 0.6) is 0 Å². The van der Waals surface area contributed by atoms with Crippen molar-refractivity contribution in [1.82, 2.24) is 9.88 Å². The van der Waals surface area contributed by atoms with Crippen LogP contribution in [0.3, 0.4) is 0 Å². The normalized spacial score (nSPS) is 30.8. The molecular weight excluding hydrogens is 214 g/mol. The third kappa shape index (κ3) is 1.47. The number of likely N-dealkylation sites (N-methyl/N-ethyl adjacent to an activating group) is 1. The van der Waals surface area contributed by atoms with E-state index < -0.39 is 0 Å². The van der Waals surface area contributed by atoms with Gasteiger partial charge in [0.15, 0.2) is 0 Å². The van der Waals surface area contributed by atoms with Gasteiger partial charge in [-0.05, 0) is 32.0 Å². The highest BCUT2D eigenvalue weighted by Crippen LogP contribution is 2.44. The molecule has 1 aromatic heterocycles. The lowest BCUT2D eigenvalue weighted by molar-refractivity contribution is -0.121. The summed E-state index contributed by atoms with van der Waals surface area (Å²) in [5.41, 5.74) is 2.25. The molecule has 3 rings (SSSR count). The number of ketones is 1. The molecule has 17 heavy (non-hydrogen) atoms. The van der Waals surface area contributed by atoms with Gasteiger partial charge in [0.1, 0.15) is 5.78 Å². The molecule has 0 aliphatic carbocycles. The first kappa shape index (κ1) is 10.7. The topological polar surface area (TPSA) is 45.2 Å². The van der Waals surface area contributed by atoms with Crippen molar-refractivity contribution >= 4 is 11.5 Å². The summed E-state index contributed by atoms with van der Waals surface area (Å²) in [4.78, 5) is 18.4. The molecule has 3 atom stereocenters. The number of carbonyl (C=O) groups excluding carboxylic acids is 1. The minimum atomic E-state index is 0.0534. The molecule has 3 unspecified atom stereocenters. The van der Waals surface area contributed by atoms with Gasteiger partial charge in [-0.15, -0.1) is 0 Å². The minimum Gasteiger partial charge on any atom is -0.368 e. The number of Topliss-reactive ketones (excluding diaryl/α,β-unsaturated/α-hetero) is 1. The first-order valence-electron chi connectivity index (χ1n) is 6.20. The lowest BCUT2D eigenvalue weighted by Crippen LogP contribution is -2.42. The number of nitrogens with zero attached hydrogens (tertiary/aromatic N) is 2. The van der Waals surface area contributed by atoms with Crippen LogP contribution in [0.15, 0.2) is 18.3 Å². The van der Waals surface area contributed by atoms with Gasteiger partial charge in [0.25, 0.3) is 0 Å². The van der Waals surface area contributed by atoms with Crippen molar-refractivity contribution in [3.05, 3.63) is 24.0 Å². The zero-order chi connectivity index (χ0) is 12.0. The Kier molecular flexibility index (Phi) is 2.40. The van der Waals surface area contributed by atoms with Crippen LogP contribution in [0.25, 0.3) is 0 Å². The lowest BCUT2D eigenvalue weighted by Gasteiger charge is -2.27. The van der Waals surface area contributed by atoms with Gasteiger partial charge in [0, 0.05) is 12.1 Å². The molecule has 0 bridgehead atoms. The number of anilines is 1. The summed E-state index contributed by atoms with van der Waals surface area (Å²) >= 11 is 0. The van der Waals surface area contributed by atoms with E-state index >= 15 is 0 Å². The molecule has 1 saturated heterocycles. The molecule has 1 N–H and O–H groups in total. The maximum atomic E-state index is 11.7. The number of pyridine rings is 1. The fraction of sp³-hybridized carbons (Fsp3) is 0.538. The van der Waals surface area contributed by atoms with Gasteiger partial charge in [-0.2, -0.15) is 0 Å². The van der Waals surface area contributed by atoms with Crippen LogP contribution in [0.2, 0.25) is 0 Å². The van der Waals surface area contributed by atoms with Gasteiger partial charge in [-0.3, -0.25) is 14.7 Å². The molecule has 2 aliphatic rings. The Bertz CT molecular complexity index is 460. The molecule has 0 aromatic carbocycles. The quantitative estimate of drug-likeness (QED) is 0.839. The second kappa shape index (κ2) is 3.81. The summed E-state index contributed by atoms with van der Waals surface area (Å²) in [5, 5.41) is 3.49. The molecule has 0 amide bonds. The van der Waals surface area contributed by atoms with E-state index in [1.165, 1.54) is 0 Å². The monoisotopic (exact) mass is 231 g/mol. The second-order valence-corrected chi connectivity index (χ2v) is 4.82. The Balaban J connectivity index is 1.96. The van der Waals surface area contributed by atoms with E-state index in [-0.39, 0.29) is 18.0 Å². The molecule has 2 aliphatic heterocycles. The standard InChI is InChI=1S/C13H17N3O/c1-3-16-11(8(2)17)7-9-12-10(15-13(9)16)5-4-6-14-12/h4-6,9,11,13,15H,3,7H2,1-2H3. The van der Waals surface area contributed by atoms with Gasteiger partial charge in [0.05, 0.1) is 23.6 Å². The summed E-state index contributed by atoms with van der Waals surface area (Å²) in [6.45, 7) is 4.69. The third-order valence-electron chi connectivity index (χ3n) is 3.94. The first-order chi connectivity index (χ1) is 8.22. The van der Waals surface area contributed by atoms with Crippen LogP contribution >= 0.6 is 0 Å². The molecule has 4 heteroatoms. The zero-order valence-electron chi connectivity index (χ0n) is 10.2. The average molecular weight is 231 g/mol. The van der Waals surface area contributed by atoms with Gasteiger partial charge in [0.2, 0.25) is 0 Å². The Morgan fingerprint density at radius 3 is 3.18 bits per heavy atom. The fourth-order valence-corrected chi connectivity index (χ4v) is 3.19. The van der Waals surface area contributed by atoms with Gasteiger partial charge < -0.3 is 5.32 Å². The number of aromatic nitrogens is 1. The predicted octanol–water partition coefficient (Wildman–Crippen LogP) is 1.60. The summed E-state index contributed by atoms with van der Waals surface area (Å²) in [7, 11) is 0. The van der Waals surface area contributed by atoms with Crippen molar-refractivity contribution in [2.45, 2.75) is 38.4 Å². The number of likely N-dealkylation sites (tertiary alicyclic amines) is 1.